The van der Waals surface area contributed by atoms with Gasteiger partial charge in [0, 0.05) is 38.2 Å². The first-order chi connectivity index (χ1) is 26.3. The van der Waals surface area contributed by atoms with Crippen LogP contribution in [0, 0.1) is 0 Å². The first-order valence-corrected chi connectivity index (χ1v) is 17.9. The second-order valence-corrected chi connectivity index (χ2v) is 13.7. The van der Waals surface area contributed by atoms with Crippen molar-refractivity contribution in [2.24, 2.45) is 0 Å². The Bertz CT molecular complexity index is 3450. The van der Waals surface area contributed by atoms with E-state index >= 15 is 0 Å². The summed E-state index contributed by atoms with van der Waals surface area (Å²) in [5, 5.41) is 10.6. The van der Waals surface area contributed by atoms with Gasteiger partial charge in [-0.25, -0.2) is 9.97 Å². The lowest BCUT2D eigenvalue weighted by atomic mass is 9.96. The van der Waals surface area contributed by atoms with Crippen molar-refractivity contribution in [1.82, 2.24) is 19.1 Å². The van der Waals surface area contributed by atoms with Gasteiger partial charge in [0.05, 0.1) is 22.1 Å². The predicted octanol–water partition coefficient (Wildman–Crippen LogP) is 12.5. The van der Waals surface area contributed by atoms with E-state index in [0.717, 1.165) is 60.9 Å². The zero-order valence-corrected chi connectivity index (χ0v) is 28.4. The highest BCUT2D eigenvalue weighted by molar-refractivity contribution is 6.39. The van der Waals surface area contributed by atoms with Crippen LogP contribution in [0.5, 0.6) is 0 Å². The Labute approximate surface area is 302 Å². The van der Waals surface area contributed by atoms with Crippen molar-refractivity contribution in [3.63, 3.8) is 0 Å². The van der Waals surface area contributed by atoms with Crippen LogP contribution in [0.1, 0.15) is 0 Å². The molecule has 0 bridgehead atoms. The third kappa shape index (κ3) is 3.85. The largest absolute Gasteiger partial charge is 0.452 e. The van der Waals surface area contributed by atoms with Gasteiger partial charge in [0.25, 0.3) is 0 Å². The van der Waals surface area contributed by atoms with Gasteiger partial charge >= 0.3 is 0 Å². The molecule has 0 aliphatic carbocycles. The molecule has 5 heteroatoms. The molecular formula is C48H28N4O. The molecule has 8 aromatic carbocycles. The molecule has 12 aromatic rings. The Hall–Kier alpha value is -7.24. The summed E-state index contributed by atoms with van der Waals surface area (Å²) in [4.78, 5) is 10.9. The quantitative estimate of drug-likeness (QED) is 0.187. The number of rotatable bonds is 3. The van der Waals surface area contributed by atoms with Crippen molar-refractivity contribution >= 4 is 87.2 Å². The molecule has 0 unspecified atom stereocenters. The molecule has 5 nitrogen and oxygen atoms in total. The van der Waals surface area contributed by atoms with Crippen molar-refractivity contribution in [2.45, 2.75) is 0 Å². The molecule has 0 aliphatic rings. The molecule has 0 spiro atoms. The van der Waals surface area contributed by atoms with E-state index in [4.69, 9.17) is 14.4 Å². The summed E-state index contributed by atoms with van der Waals surface area (Å²) in [6.45, 7) is 0. The van der Waals surface area contributed by atoms with Crippen molar-refractivity contribution in [3.05, 3.63) is 170 Å². The topological polar surface area (TPSA) is 48.8 Å². The van der Waals surface area contributed by atoms with E-state index in [-0.39, 0.29) is 0 Å². The highest BCUT2D eigenvalue weighted by atomic mass is 16.3. The number of furan rings is 1. The Morgan fingerprint density at radius 2 is 1.04 bits per heavy atom. The number of hydrogen-bond acceptors (Lipinski definition) is 3. The average molecular weight is 677 g/mol. The summed E-state index contributed by atoms with van der Waals surface area (Å²) in [5.41, 5.74) is 9.48. The van der Waals surface area contributed by atoms with Crippen LogP contribution < -0.4 is 0 Å². The fourth-order valence-corrected chi connectivity index (χ4v) is 8.73. The summed E-state index contributed by atoms with van der Waals surface area (Å²) >= 11 is 0. The van der Waals surface area contributed by atoms with Gasteiger partial charge < -0.3 is 8.98 Å². The molecule has 0 N–H and O–H groups in total. The molecule has 4 aromatic heterocycles. The lowest BCUT2D eigenvalue weighted by molar-refractivity contribution is 0.666. The molecule has 0 radical (unpaired) electrons. The van der Waals surface area contributed by atoms with Crippen LogP contribution in [0.25, 0.3) is 110 Å². The maximum absolute atomic E-state index is 6.53. The predicted molar refractivity (Wildman–Crippen MR) is 218 cm³/mol. The first-order valence-electron chi connectivity index (χ1n) is 17.9. The van der Waals surface area contributed by atoms with E-state index in [2.05, 4.69) is 143 Å². The maximum atomic E-state index is 6.53. The van der Waals surface area contributed by atoms with Gasteiger partial charge in [0.15, 0.2) is 5.58 Å². The van der Waals surface area contributed by atoms with E-state index in [1.807, 2.05) is 36.4 Å². The van der Waals surface area contributed by atoms with Crippen LogP contribution in [0.2, 0.25) is 0 Å². The van der Waals surface area contributed by atoms with Crippen LogP contribution >= 0.6 is 0 Å². The highest BCUT2D eigenvalue weighted by Gasteiger charge is 2.27. The summed E-state index contributed by atoms with van der Waals surface area (Å²) in [6, 6.07) is 60.0. The van der Waals surface area contributed by atoms with Gasteiger partial charge in [0.2, 0.25) is 5.95 Å². The Morgan fingerprint density at radius 3 is 1.85 bits per heavy atom. The van der Waals surface area contributed by atoms with Gasteiger partial charge in [-0.1, -0.05) is 133 Å². The molecular weight excluding hydrogens is 649 g/mol. The zero-order valence-electron chi connectivity index (χ0n) is 28.4. The van der Waals surface area contributed by atoms with Crippen molar-refractivity contribution < 1.29 is 4.42 Å². The zero-order chi connectivity index (χ0) is 34.6. The van der Waals surface area contributed by atoms with Crippen molar-refractivity contribution in [1.29, 1.82) is 0 Å². The van der Waals surface area contributed by atoms with E-state index in [1.165, 1.54) is 37.7 Å². The second kappa shape index (κ2) is 10.6. The minimum Gasteiger partial charge on any atom is -0.452 e. The highest BCUT2D eigenvalue weighted by Crippen LogP contribution is 2.48. The van der Waals surface area contributed by atoms with Crippen LogP contribution in [0.3, 0.4) is 0 Å². The van der Waals surface area contributed by atoms with E-state index in [1.54, 1.807) is 0 Å². The van der Waals surface area contributed by atoms with Gasteiger partial charge in [-0.3, -0.25) is 4.57 Å². The molecule has 12 rings (SSSR count). The normalized spacial score (nSPS) is 12.2. The third-order valence-electron chi connectivity index (χ3n) is 10.9. The number of nitrogens with zero attached hydrogens (tertiary/aromatic N) is 4. The van der Waals surface area contributed by atoms with Crippen LogP contribution in [-0.2, 0) is 0 Å². The number of para-hydroxylation sites is 3. The SMILES string of the molecule is c1ccc(-c2nc(-n3c4ccccc4c4c5ccccc5c5c6c7ccccc7ccc6n(-c6ccccc6)c5c43)nc3c2oc2ccccc23)cc1. The van der Waals surface area contributed by atoms with E-state index in [9.17, 15) is 0 Å². The Balaban J connectivity index is 1.38. The van der Waals surface area contributed by atoms with Crippen LogP contribution in [-0.4, -0.2) is 19.1 Å². The van der Waals surface area contributed by atoms with Gasteiger partial charge in [0.1, 0.15) is 16.8 Å². The van der Waals surface area contributed by atoms with E-state index in [0.29, 0.717) is 11.5 Å². The molecule has 246 valence electrons. The summed E-state index contributed by atoms with van der Waals surface area (Å²) in [5.74, 6) is 0.598. The maximum Gasteiger partial charge on any atom is 0.236 e. The molecule has 0 fully saturated rings. The minimum absolute atomic E-state index is 0.598. The molecule has 0 saturated heterocycles. The van der Waals surface area contributed by atoms with Gasteiger partial charge in [-0.05, 0) is 57.9 Å². The smallest absolute Gasteiger partial charge is 0.236 e. The molecule has 0 aliphatic heterocycles. The molecule has 0 amide bonds. The number of benzene rings is 8. The monoisotopic (exact) mass is 676 g/mol. The summed E-state index contributed by atoms with van der Waals surface area (Å²) in [7, 11) is 0. The standard InChI is InChI=1S/C48H28N4O/c1-3-16-30(17-4-1)43-47-44(36-24-12-14-26-39(36)53-47)50-48(49-43)52-37-25-13-11-23-35(37)40-33-21-9-10-22-34(33)42-41-32-20-8-7-15-29(32)27-28-38(41)51(46(42)45(40)52)31-18-5-2-6-19-31/h1-28H. The fourth-order valence-electron chi connectivity index (χ4n) is 8.73. The summed E-state index contributed by atoms with van der Waals surface area (Å²) in [6.07, 6.45) is 0. The number of aromatic nitrogens is 4. The van der Waals surface area contributed by atoms with Gasteiger partial charge in [-0.15, -0.1) is 0 Å². The lowest BCUT2D eigenvalue weighted by Crippen LogP contribution is -2.04. The van der Waals surface area contributed by atoms with Crippen LogP contribution in [0.4, 0.5) is 0 Å². The molecule has 4 heterocycles. The van der Waals surface area contributed by atoms with E-state index < -0.39 is 0 Å². The number of fused-ring (bicyclic) bond motifs is 15. The third-order valence-corrected chi connectivity index (χ3v) is 10.9. The lowest BCUT2D eigenvalue weighted by Gasteiger charge is -2.13. The average Bonchev–Trinajstić information content (AvgIpc) is 3.90. The first kappa shape index (κ1) is 28.5. The molecule has 0 saturated carbocycles. The van der Waals surface area contributed by atoms with Gasteiger partial charge in [-0.2, -0.15) is 0 Å². The summed E-state index contributed by atoms with van der Waals surface area (Å²) < 4.78 is 11.3. The Kier molecular flexibility index (Phi) is 5.71. The van der Waals surface area contributed by atoms with Crippen LogP contribution in [0.15, 0.2) is 174 Å². The number of hydrogen-bond donors (Lipinski definition) is 0. The molecule has 0 atom stereocenters. The second-order valence-electron chi connectivity index (χ2n) is 13.7. The minimum atomic E-state index is 0.598. The Morgan fingerprint density at radius 1 is 0.415 bits per heavy atom. The van der Waals surface area contributed by atoms with Crippen molar-refractivity contribution in [2.75, 3.05) is 0 Å². The molecule has 53 heavy (non-hydrogen) atoms. The fraction of sp³-hybridized carbons (Fsp3) is 0. The van der Waals surface area contributed by atoms with Crippen molar-refractivity contribution in [3.8, 4) is 22.9 Å².